The smallest absolute Gasteiger partial charge is 0.226 e. The first kappa shape index (κ1) is 13.7. The van der Waals surface area contributed by atoms with Gasteiger partial charge in [0.2, 0.25) is 3.79 Å². The van der Waals surface area contributed by atoms with Crippen molar-refractivity contribution in [1.29, 1.82) is 0 Å². The topological polar surface area (TPSA) is 40.1 Å². The van der Waals surface area contributed by atoms with E-state index in [9.17, 15) is 9.90 Å². The Morgan fingerprint density at radius 1 is 1.12 bits per heavy atom. The Bertz CT molecular complexity index is 420. The minimum absolute atomic E-state index is 0.318. The van der Waals surface area contributed by atoms with Crippen molar-refractivity contribution in [3.63, 3.8) is 0 Å². The van der Waals surface area contributed by atoms with Crippen molar-refractivity contribution in [2.45, 2.75) is 3.79 Å². The third-order valence-electron chi connectivity index (χ3n) is 1.73. The summed E-state index contributed by atoms with van der Waals surface area (Å²) in [7, 11) is 0. The summed E-state index contributed by atoms with van der Waals surface area (Å²) in [4.78, 5) is 11.0. The average molecular weight is 299 g/mol. The van der Waals surface area contributed by atoms with Crippen LogP contribution in [-0.2, 0) is 4.79 Å². The number of carbonyl (C=O) groups excluding carboxylic acids is 1. The Labute approximate surface area is 112 Å². The first-order valence-corrected chi connectivity index (χ1v) is 5.59. The average Bonchev–Trinajstić information content (AvgIpc) is 2.17. The fraction of sp³-hybridized carbons (Fsp3) is 0.100. The lowest BCUT2D eigenvalue weighted by atomic mass is 10.1. The number of carbonyl (C=O) groups is 1. The zero-order valence-corrected chi connectivity index (χ0v) is 10.7. The molecule has 0 saturated heterocycles. The van der Waals surface area contributed by atoms with Crippen LogP contribution in [0.1, 0.15) is 5.56 Å². The van der Waals surface area contributed by atoms with Crippen molar-refractivity contribution in [3.8, 4) is 0 Å². The molecule has 0 amide bonds. The second-order valence-corrected chi connectivity index (χ2v) is 5.50. The Hall–Kier alpha value is -0.410. The molecule has 0 heterocycles. The third-order valence-corrected chi connectivity index (χ3v) is 3.06. The maximum atomic E-state index is 11.0. The summed E-state index contributed by atoms with van der Waals surface area (Å²) < 4.78 is -1.99. The SMILES string of the molecule is O=C([O-])/C(=C(\Cl)C(Cl)(Cl)Cl)c1ccccc1. The molecule has 2 nitrogen and oxygen atoms in total. The van der Waals surface area contributed by atoms with Gasteiger partial charge in [-0.1, -0.05) is 76.7 Å². The van der Waals surface area contributed by atoms with Gasteiger partial charge in [-0.05, 0) is 5.56 Å². The second kappa shape index (κ2) is 5.28. The predicted octanol–water partition coefficient (Wildman–Crippen LogP) is 2.76. The monoisotopic (exact) mass is 297 g/mol. The number of hydrogen-bond donors (Lipinski definition) is 0. The standard InChI is InChI=1S/C10H6Cl4O2/c11-8(10(12,13)14)7(9(15)16)6-4-2-1-3-5-6/h1-5H,(H,15,16)/p-1/b8-7-. The third kappa shape index (κ3) is 3.29. The van der Waals surface area contributed by atoms with Gasteiger partial charge in [0.1, 0.15) is 0 Å². The van der Waals surface area contributed by atoms with Crippen molar-refractivity contribution in [3.05, 3.63) is 40.9 Å². The van der Waals surface area contributed by atoms with Crippen LogP contribution >= 0.6 is 46.4 Å². The normalized spacial score (nSPS) is 13.2. The van der Waals surface area contributed by atoms with E-state index in [1.165, 1.54) is 12.1 Å². The van der Waals surface area contributed by atoms with Crippen molar-refractivity contribution in [2.75, 3.05) is 0 Å². The van der Waals surface area contributed by atoms with Gasteiger partial charge >= 0.3 is 0 Å². The van der Waals surface area contributed by atoms with Crippen LogP contribution in [0.2, 0.25) is 0 Å². The number of carboxylic acid groups (broad SMARTS) is 1. The first-order chi connectivity index (χ1) is 7.34. The predicted molar refractivity (Wildman–Crippen MR) is 64.5 cm³/mol. The molecule has 0 spiro atoms. The number of carboxylic acids is 1. The molecular weight excluding hydrogens is 294 g/mol. The molecule has 16 heavy (non-hydrogen) atoms. The molecule has 86 valence electrons. The molecule has 1 aromatic carbocycles. The van der Waals surface area contributed by atoms with Crippen LogP contribution < -0.4 is 5.11 Å². The van der Waals surface area contributed by atoms with E-state index in [4.69, 9.17) is 46.4 Å². The Balaban J connectivity index is 3.37. The summed E-state index contributed by atoms with van der Waals surface area (Å²) in [5.74, 6) is -1.50. The van der Waals surface area contributed by atoms with E-state index >= 15 is 0 Å². The highest BCUT2D eigenvalue weighted by Crippen LogP contribution is 2.41. The lowest BCUT2D eigenvalue weighted by molar-refractivity contribution is -0.295. The molecule has 0 atom stereocenters. The molecule has 6 heteroatoms. The molecule has 0 aromatic heterocycles. The molecule has 0 radical (unpaired) electrons. The van der Waals surface area contributed by atoms with Gasteiger partial charge in [0, 0.05) is 5.57 Å². The summed E-state index contributed by atoms with van der Waals surface area (Å²) in [6.45, 7) is 0. The van der Waals surface area contributed by atoms with Crippen LogP contribution in [-0.4, -0.2) is 9.76 Å². The van der Waals surface area contributed by atoms with E-state index in [0.29, 0.717) is 5.56 Å². The minimum Gasteiger partial charge on any atom is -0.545 e. The van der Waals surface area contributed by atoms with Gasteiger partial charge in [0.15, 0.2) is 0 Å². The summed E-state index contributed by atoms with van der Waals surface area (Å²) in [6.07, 6.45) is 0. The van der Waals surface area contributed by atoms with Crippen molar-refractivity contribution < 1.29 is 9.90 Å². The maximum Gasteiger partial charge on any atom is 0.226 e. The number of benzene rings is 1. The highest BCUT2D eigenvalue weighted by molar-refractivity contribution is 6.74. The van der Waals surface area contributed by atoms with Gasteiger partial charge in [-0.2, -0.15) is 0 Å². The fourth-order valence-electron chi connectivity index (χ4n) is 1.08. The second-order valence-electron chi connectivity index (χ2n) is 2.84. The highest BCUT2D eigenvalue weighted by Gasteiger charge is 2.28. The summed E-state index contributed by atoms with van der Waals surface area (Å²) >= 11 is 22.3. The maximum absolute atomic E-state index is 11.0. The Kier molecular flexibility index (Phi) is 4.51. The van der Waals surface area contributed by atoms with E-state index in [1.807, 2.05) is 0 Å². The van der Waals surface area contributed by atoms with Gasteiger partial charge in [-0.25, -0.2) is 0 Å². The fourth-order valence-corrected chi connectivity index (χ4v) is 1.55. The van der Waals surface area contributed by atoms with Gasteiger partial charge in [-0.3, -0.25) is 0 Å². The minimum atomic E-state index is -1.99. The van der Waals surface area contributed by atoms with Crippen LogP contribution in [0.15, 0.2) is 35.4 Å². The van der Waals surface area contributed by atoms with Crippen LogP contribution in [0.25, 0.3) is 5.57 Å². The Morgan fingerprint density at radius 3 is 2.00 bits per heavy atom. The zero-order valence-electron chi connectivity index (χ0n) is 7.72. The summed E-state index contributed by atoms with van der Waals surface area (Å²) in [6, 6.07) is 8.06. The molecule has 0 aliphatic rings. The molecule has 0 fully saturated rings. The van der Waals surface area contributed by atoms with E-state index in [1.54, 1.807) is 18.2 Å². The number of alkyl halides is 3. The van der Waals surface area contributed by atoms with Crippen LogP contribution in [0, 0.1) is 0 Å². The molecule has 0 bridgehead atoms. The zero-order chi connectivity index (χ0) is 12.3. The van der Waals surface area contributed by atoms with Crippen molar-refractivity contribution >= 4 is 57.9 Å². The molecule has 1 rings (SSSR count). The molecule has 0 N–H and O–H groups in total. The molecule has 0 aliphatic heterocycles. The van der Waals surface area contributed by atoms with Crippen molar-refractivity contribution in [2.24, 2.45) is 0 Å². The lowest BCUT2D eigenvalue weighted by Gasteiger charge is -2.17. The quantitative estimate of drug-likeness (QED) is 0.622. The molecule has 0 aliphatic carbocycles. The van der Waals surface area contributed by atoms with Crippen molar-refractivity contribution in [1.82, 2.24) is 0 Å². The largest absolute Gasteiger partial charge is 0.545 e. The number of halogens is 4. The number of hydrogen-bond acceptors (Lipinski definition) is 2. The van der Waals surface area contributed by atoms with E-state index in [2.05, 4.69) is 0 Å². The van der Waals surface area contributed by atoms with Gasteiger partial charge < -0.3 is 9.90 Å². The van der Waals surface area contributed by atoms with Gasteiger partial charge in [-0.15, -0.1) is 0 Å². The first-order valence-electron chi connectivity index (χ1n) is 4.07. The number of allylic oxidation sites excluding steroid dienone is 1. The molecule has 1 aromatic rings. The van der Waals surface area contributed by atoms with Crippen LogP contribution in [0.3, 0.4) is 0 Å². The highest BCUT2D eigenvalue weighted by atomic mass is 35.6. The Morgan fingerprint density at radius 2 is 1.62 bits per heavy atom. The molecular formula is C10H5Cl4O2-. The number of aliphatic carboxylic acids is 1. The lowest BCUT2D eigenvalue weighted by Crippen LogP contribution is -2.26. The van der Waals surface area contributed by atoms with E-state index in [-0.39, 0.29) is 5.57 Å². The summed E-state index contributed by atoms with van der Waals surface area (Å²) in [5, 5.41) is 10.6. The van der Waals surface area contributed by atoms with Crippen LogP contribution in [0.4, 0.5) is 0 Å². The molecule has 0 saturated carbocycles. The van der Waals surface area contributed by atoms with Gasteiger partial charge in [0.25, 0.3) is 0 Å². The van der Waals surface area contributed by atoms with Crippen LogP contribution in [0.5, 0.6) is 0 Å². The summed E-state index contributed by atoms with van der Waals surface area (Å²) in [5.41, 5.74) is -0.0129. The van der Waals surface area contributed by atoms with E-state index in [0.717, 1.165) is 0 Å². The molecule has 0 unspecified atom stereocenters. The number of rotatable bonds is 2. The van der Waals surface area contributed by atoms with E-state index < -0.39 is 14.8 Å². The van der Waals surface area contributed by atoms with Gasteiger partial charge in [0.05, 0.1) is 11.0 Å².